The van der Waals surface area contributed by atoms with E-state index < -0.39 is 32.5 Å². The molecule has 9 nitrogen and oxygen atoms in total. The summed E-state index contributed by atoms with van der Waals surface area (Å²) in [5.41, 5.74) is 0. The second-order valence-corrected chi connectivity index (χ2v) is 18.2. The average Bonchev–Trinajstić information content (AvgIpc) is 3.17. The number of phosphoric acid groups is 1. The van der Waals surface area contributed by atoms with Gasteiger partial charge in [-0.15, -0.1) is 0 Å². The highest BCUT2D eigenvalue weighted by atomic mass is 31.2. The molecule has 338 valence electrons. The molecule has 10 heteroatoms. The van der Waals surface area contributed by atoms with Gasteiger partial charge in [0.15, 0.2) is 6.10 Å². The van der Waals surface area contributed by atoms with Crippen molar-refractivity contribution in [3.8, 4) is 0 Å². The van der Waals surface area contributed by atoms with Gasteiger partial charge >= 0.3 is 11.9 Å². The number of carbonyl (C=O) groups is 2. The zero-order valence-electron chi connectivity index (χ0n) is 38.0. The van der Waals surface area contributed by atoms with Crippen LogP contribution in [0.3, 0.4) is 0 Å². The first-order valence-corrected chi connectivity index (χ1v) is 24.8. The van der Waals surface area contributed by atoms with Crippen molar-refractivity contribution in [2.45, 2.75) is 200 Å². The number of rotatable bonds is 42. The molecule has 0 spiro atoms. The van der Waals surface area contributed by atoms with Crippen molar-refractivity contribution in [3.05, 3.63) is 48.6 Å². The van der Waals surface area contributed by atoms with E-state index >= 15 is 0 Å². The predicted molar refractivity (Wildman–Crippen MR) is 240 cm³/mol. The standard InChI is InChI=1S/C48H88NO8P/c1-6-8-10-12-14-16-18-20-22-23-24-25-27-29-31-33-35-37-39-41-48(51)57-46(45-56-58(52,53)55-43-42-49(3,4)5)44-54-47(50)40-38-36-34-32-30-28-26-21-19-17-15-13-11-9-7-2/h14,16,20,22,24-25,29,31,46H,6-13,15,17-19,21,23,26-28,30,32-45H2,1-5H3/b16-14-,22-20-,25-24-,31-29-/t46-/m1/s1. The minimum absolute atomic E-state index is 0.0377. The lowest BCUT2D eigenvalue weighted by molar-refractivity contribution is -0.870. The van der Waals surface area contributed by atoms with Crippen LogP contribution in [0.15, 0.2) is 48.6 Å². The lowest BCUT2D eigenvalue weighted by atomic mass is 10.0. The number of carbonyl (C=O) groups excluding carboxylic acids is 2. The van der Waals surface area contributed by atoms with Gasteiger partial charge in [0.1, 0.15) is 19.8 Å². The van der Waals surface area contributed by atoms with Crippen LogP contribution in [0.1, 0.15) is 194 Å². The normalized spacial score (nSPS) is 14.0. The third-order valence-electron chi connectivity index (χ3n) is 9.85. The highest BCUT2D eigenvalue weighted by Crippen LogP contribution is 2.38. The van der Waals surface area contributed by atoms with Gasteiger partial charge in [-0.2, -0.15) is 0 Å². The van der Waals surface area contributed by atoms with Gasteiger partial charge in [-0.3, -0.25) is 14.2 Å². The van der Waals surface area contributed by atoms with E-state index in [-0.39, 0.29) is 26.1 Å². The molecule has 0 aromatic heterocycles. The molecule has 0 saturated heterocycles. The molecule has 0 radical (unpaired) electrons. The maximum atomic E-state index is 12.7. The second kappa shape index (κ2) is 40.4. The fourth-order valence-electron chi connectivity index (χ4n) is 6.17. The minimum atomic E-state index is -4.63. The number of hydrogen-bond acceptors (Lipinski definition) is 8. The van der Waals surface area contributed by atoms with E-state index in [1.807, 2.05) is 21.1 Å². The number of likely N-dealkylation sites (N-methyl/N-ethyl adjacent to an activating group) is 1. The smallest absolute Gasteiger partial charge is 0.306 e. The Morgan fingerprint density at radius 1 is 0.534 bits per heavy atom. The molecule has 0 aliphatic heterocycles. The lowest BCUT2D eigenvalue weighted by Crippen LogP contribution is -2.37. The van der Waals surface area contributed by atoms with Crippen molar-refractivity contribution >= 4 is 19.8 Å². The van der Waals surface area contributed by atoms with E-state index in [1.165, 1.54) is 103 Å². The first-order chi connectivity index (χ1) is 28.0. The van der Waals surface area contributed by atoms with Crippen molar-refractivity contribution in [2.75, 3.05) is 47.5 Å². The SMILES string of the molecule is CCCCC/C=C\C/C=C\C/C=C\C/C=C\CCCCCC(=O)O[C@H](COC(=O)CCCCCCCCCCCCCCCCC)COP(=O)([O-])OCC[N+](C)(C)C. The van der Waals surface area contributed by atoms with Gasteiger partial charge in [0.2, 0.25) is 0 Å². The molecule has 0 aromatic carbocycles. The summed E-state index contributed by atoms with van der Waals surface area (Å²) in [6, 6.07) is 0. The molecular formula is C48H88NO8P. The Kier molecular flexibility index (Phi) is 39.0. The number of ether oxygens (including phenoxy) is 2. The first-order valence-electron chi connectivity index (χ1n) is 23.3. The largest absolute Gasteiger partial charge is 0.756 e. The summed E-state index contributed by atoms with van der Waals surface area (Å²) in [5.74, 6) is -0.867. The predicted octanol–water partition coefficient (Wildman–Crippen LogP) is 12.8. The maximum absolute atomic E-state index is 12.7. The average molecular weight is 838 g/mol. The van der Waals surface area contributed by atoms with Crippen LogP contribution >= 0.6 is 7.82 Å². The van der Waals surface area contributed by atoms with Crippen LogP contribution in [0.2, 0.25) is 0 Å². The monoisotopic (exact) mass is 838 g/mol. The van der Waals surface area contributed by atoms with Crippen molar-refractivity contribution in [3.63, 3.8) is 0 Å². The third kappa shape index (κ3) is 43.5. The van der Waals surface area contributed by atoms with Crippen molar-refractivity contribution in [1.29, 1.82) is 0 Å². The molecule has 0 bridgehead atoms. The fourth-order valence-corrected chi connectivity index (χ4v) is 6.90. The van der Waals surface area contributed by atoms with Crippen LogP contribution in [-0.2, 0) is 32.7 Å². The summed E-state index contributed by atoms with van der Waals surface area (Å²) in [6.07, 6.45) is 47.0. The second-order valence-electron chi connectivity index (χ2n) is 16.8. The van der Waals surface area contributed by atoms with Gasteiger partial charge in [-0.05, 0) is 57.8 Å². The van der Waals surface area contributed by atoms with E-state index in [2.05, 4.69) is 62.5 Å². The van der Waals surface area contributed by atoms with Crippen LogP contribution in [0.25, 0.3) is 0 Å². The van der Waals surface area contributed by atoms with Crippen molar-refractivity contribution in [2.24, 2.45) is 0 Å². The molecule has 0 aromatic rings. The van der Waals surface area contributed by atoms with Gasteiger partial charge in [0.25, 0.3) is 7.82 Å². The van der Waals surface area contributed by atoms with Crippen LogP contribution in [0, 0.1) is 0 Å². The minimum Gasteiger partial charge on any atom is -0.756 e. The van der Waals surface area contributed by atoms with Crippen LogP contribution < -0.4 is 4.89 Å². The molecule has 0 saturated carbocycles. The summed E-state index contributed by atoms with van der Waals surface area (Å²) < 4.78 is 33.9. The molecule has 2 atom stereocenters. The summed E-state index contributed by atoms with van der Waals surface area (Å²) in [4.78, 5) is 37.6. The molecule has 58 heavy (non-hydrogen) atoms. The first kappa shape index (κ1) is 56.0. The van der Waals surface area contributed by atoms with E-state index in [0.717, 1.165) is 57.8 Å². The highest BCUT2D eigenvalue weighted by molar-refractivity contribution is 7.45. The zero-order valence-corrected chi connectivity index (χ0v) is 38.9. The number of esters is 2. The Hall–Kier alpha value is -2.03. The van der Waals surface area contributed by atoms with Gasteiger partial charge in [0, 0.05) is 12.8 Å². The quantitative estimate of drug-likeness (QED) is 0.0196. The molecule has 0 aliphatic rings. The number of allylic oxidation sites excluding steroid dienone is 8. The summed E-state index contributed by atoms with van der Waals surface area (Å²) >= 11 is 0. The van der Waals surface area contributed by atoms with Gasteiger partial charge < -0.3 is 27.9 Å². The fraction of sp³-hybridized carbons (Fsp3) is 0.792. The van der Waals surface area contributed by atoms with Gasteiger partial charge in [-0.25, -0.2) is 0 Å². The summed E-state index contributed by atoms with van der Waals surface area (Å²) in [7, 11) is 1.14. The molecule has 0 N–H and O–H groups in total. The third-order valence-corrected chi connectivity index (χ3v) is 10.8. The van der Waals surface area contributed by atoms with Crippen LogP contribution in [0.4, 0.5) is 0 Å². The molecule has 0 heterocycles. The molecular weight excluding hydrogens is 750 g/mol. The molecule has 0 aliphatic carbocycles. The van der Waals surface area contributed by atoms with Gasteiger partial charge in [-0.1, -0.05) is 172 Å². The van der Waals surface area contributed by atoms with Crippen LogP contribution in [-0.4, -0.2) is 70.0 Å². The van der Waals surface area contributed by atoms with E-state index in [0.29, 0.717) is 17.4 Å². The van der Waals surface area contributed by atoms with Crippen molar-refractivity contribution < 1.29 is 42.1 Å². The van der Waals surface area contributed by atoms with E-state index in [9.17, 15) is 19.0 Å². The van der Waals surface area contributed by atoms with E-state index in [4.69, 9.17) is 18.5 Å². The number of unbranched alkanes of at least 4 members (excludes halogenated alkanes) is 20. The Balaban J connectivity index is 4.39. The zero-order chi connectivity index (χ0) is 42.8. The van der Waals surface area contributed by atoms with E-state index in [1.54, 1.807) is 0 Å². The molecule has 1 unspecified atom stereocenters. The highest BCUT2D eigenvalue weighted by Gasteiger charge is 2.21. The molecule has 0 rings (SSSR count). The number of phosphoric ester groups is 1. The Bertz CT molecular complexity index is 1130. The Morgan fingerprint density at radius 2 is 0.931 bits per heavy atom. The molecule has 0 fully saturated rings. The van der Waals surface area contributed by atoms with Crippen molar-refractivity contribution in [1.82, 2.24) is 0 Å². The topological polar surface area (TPSA) is 111 Å². The van der Waals surface area contributed by atoms with Crippen LogP contribution in [0.5, 0.6) is 0 Å². The molecule has 0 amide bonds. The lowest BCUT2D eigenvalue weighted by Gasteiger charge is -2.28. The summed E-state index contributed by atoms with van der Waals surface area (Å²) in [6.45, 7) is 4.17. The number of hydrogen-bond donors (Lipinski definition) is 0. The number of nitrogens with zero attached hydrogens (tertiary/aromatic N) is 1. The maximum Gasteiger partial charge on any atom is 0.306 e. The Labute approximate surface area is 356 Å². The Morgan fingerprint density at radius 3 is 1.41 bits per heavy atom. The number of quaternary nitrogens is 1. The van der Waals surface area contributed by atoms with Gasteiger partial charge in [0.05, 0.1) is 27.7 Å². The summed E-state index contributed by atoms with van der Waals surface area (Å²) in [5, 5.41) is 0.